The molecular weight excluding hydrogens is 320 g/mol. The molecule has 3 heteroatoms. The Morgan fingerprint density at radius 2 is 1.54 bits per heavy atom. The van der Waals surface area contributed by atoms with Crippen molar-refractivity contribution in [1.29, 1.82) is 0 Å². The van der Waals surface area contributed by atoms with E-state index in [0.717, 1.165) is 27.3 Å². The highest BCUT2D eigenvalue weighted by atomic mass is 16.2. The van der Waals surface area contributed by atoms with E-state index in [-0.39, 0.29) is 5.91 Å². The van der Waals surface area contributed by atoms with Crippen molar-refractivity contribution in [3.8, 4) is 0 Å². The first-order valence-corrected chi connectivity index (χ1v) is 8.57. The molecule has 4 aromatic carbocycles. The number of nitrogens with zero attached hydrogens (tertiary/aromatic N) is 1. The number of carbonyl (C=O) groups excluding carboxylic acids is 1. The van der Waals surface area contributed by atoms with Gasteiger partial charge < -0.3 is 0 Å². The van der Waals surface area contributed by atoms with E-state index in [0.29, 0.717) is 6.42 Å². The van der Waals surface area contributed by atoms with Gasteiger partial charge in [0, 0.05) is 0 Å². The van der Waals surface area contributed by atoms with E-state index >= 15 is 0 Å². The molecule has 0 heterocycles. The minimum absolute atomic E-state index is 0.126. The van der Waals surface area contributed by atoms with Gasteiger partial charge in [-0.2, -0.15) is 5.10 Å². The molecule has 0 aliphatic carbocycles. The zero-order valence-corrected chi connectivity index (χ0v) is 14.2. The van der Waals surface area contributed by atoms with Crippen LogP contribution in [0.1, 0.15) is 11.1 Å². The van der Waals surface area contributed by atoms with Crippen molar-refractivity contribution in [1.82, 2.24) is 5.43 Å². The SMILES string of the molecule is O=C(Cc1cccc2ccccc12)N/N=C/c1ccc2ccccc2c1. The summed E-state index contributed by atoms with van der Waals surface area (Å²) < 4.78 is 0. The maximum atomic E-state index is 12.2. The van der Waals surface area contributed by atoms with Crippen molar-refractivity contribution >= 4 is 33.7 Å². The maximum absolute atomic E-state index is 12.2. The minimum atomic E-state index is -0.126. The van der Waals surface area contributed by atoms with Crippen molar-refractivity contribution in [3.05, 3.63) is 96.1 Å². The Balaban J connectivity index is 1.45. The molecule has 0 aliphatic heterocycles. The quantitative estimate of drug-likeness (QED) is 0.426. The van der Waals surface area contributed by atoms with Crippen LogP contribution in [0.3, 0.4) is 0 Å². The fourth-order valence-corrected chi connectivity index (χ4v) is 3.13. The van der Waals surface area contributed by atoms with Gasteiger partial charge in [-0.15, -0.1) is 0 Å². The predicted molar refractivity (Wildman–Crippen MR) is 107 cm³/mol. The van der Waals surface area contributed by atoms with E-state index in [2.05, 4.69) is 46.9 Å². The lowest BCUT2D eigenvalue weighted by Crippen LogP contribution is -2.19. The molecule has 26 heavy (non-hydrogen) atoms. The average Bonchev–Trinajstić information content (AvgIpc) is 2.68. The van der Waals surface area contributed by atoms with E-state index in [4.69, 9.17) is 0 Å². The molecule has 0 radical (unpaired) electrons. The van der Waals surface area contributed by atoms with Gasteiger partial charge in [-0.25, -0.2) is 5.43 Å². The summed E-state index contributed by atoms with van der Waals surface area (Å²) in [5.74, 6) is -0.126. The second-order valence-electron chi connectivity index (χ2n) is 6.21. The summed E-state index contributed by atoms with van der Waals surface area (Å²) in [5.41, 5.74) is 4.58. The van der Waals surface area contributed by atoms with Crippen LogP contribution in [-0.2, 0) is 11.2 Å². The molecular formula is C23H18N2O. The third-order valence-corrected chi connectivity index (χ3v) is 4.41. The molecule has 1 amide bonds. The lowest BCUT2D eigenvalue weighted by molar-refractivity contribution is -0.120. The van der Waals surface area contributed by atoms with Crippen molar-refractivity contribution in [2.45, 2.75) is 6.42 Å². The summed E-state index contributed by atoms with van der Waals surface area (Å²) >= 11 is 0. The van der Waals surface area contributed by atoms with Crippen molar-refractivity contribution in [2.75, 3.05) is 0 Å². The second kappa shape index (κ2) is 7.19. The first-order chi connectivity index (χ1) is 12.8. The Bertz CT molecular complexity index is 1110. The smallest absolute Gasteiger partial charge is 0.244 e. The third kappa shape index (κ3) is 3.47. The average molecular weight is 338 g/mol. The normalized spacial score (nSPS) is 11.2. The Morgan fingerprint density at radius 1 is 0.808 bits per heavy atom. The van der Waals surface area contributed by atoms with Crippen LogP contribution >= 0.6 is 0 Å². The Morgan fingerprint density at radius 3 is 2.42 bits per heavy atom. The second-order valence-corrected chi connectivity index (χ2v) is 6.21. The molecule has 0 unspecified atom stereocenters. The molecule has 4 aromatic rings. The van der Waals surface area contributed by atoms with Crippen molar-refractivity contribution in [3.63, 3.8) is 0 Å². The summed E-state index contributed by atoms with van der Waals surface area (Å²) in [5, 5.41) is 8.67. The summed E-state index contributed by atoms with van der Waals surface area (Å²) in [4.78, 5) is 12.2. The number of rotatable bonds is 4. The number of amides is 1. The molecule has 0 saturated heterocycles. The molecule has 0 bridgehead atoms. The maximum Gasteiger partial charge on any atom is 0.244 e. The Hall–Kier alpha value is -3.46. The third-order valence-electron chi connectivity index (χ3n) is 4.41. The lowest BCUT2D eigenvalue weighted by Gasteiger charge is -2.05. The number of fused-ring (bicyclic) bond motifs is 2. The van der Waals surface area contributed by atoms with Crippen LogP contribution in [0.25, 0.3) is 21.5 Å². The number of benzene rings is 4. The molecule has 0 aliphatic rings. The van der Waals surface area contributed by atoms with Gasteiger partial charge in [0.2, 0.25) is 5.91 Å². The summed E-state index contributed by atoms with van der Waals surface area (Å²) in [6, 6.07) is 28.3. The Kier molecular flexibility index (Phi) is 4.44. The van der Waals surface area contributed by atoms with Gasteiger partial charge in [0.15, 0.2) is 0 Å². The molecule has 4 rings (SSSR count). The van der Waals surface area contributed by atoms with Crippen LogP contribution < -0.4 is 5.43 Å². The van der Waals surface area contributed by atoms with Gasteiger partial charge in [0.25, 0.3) is 0 Å². The highest BCUT2D eigenvalue weighted by Crippen LogP contribution is 2.19. The molecule has 0 aromatic heterocycles. The summed E-state index contributed by atoms with van der Waals surface area (Å²) in [7, 11) is 0. The van der Waals surface area contributed by atoms with Crippen LogP contribution in [0.15, 0.2) is 90.0 Å². The van der Waals surface area contributed by atoms with E-state index in [1.807, 2.05) is 48.5 Å². The van der Waals surface area contributed by atoms with Gasteiger partial charge in [-0.3, -0.25) is 4.79 Å². The first-order valence-electron chi connectivity index (χ1n) is 8.57. The summed E-state index contributed by atoms with van der Waals surface area (Å²) in [6.07, 6.45) is 1.98. The first kappa shape index (κ1) is 16.0. The fourth-order valence-electron chi connectivity index (χ4n) is 3.13. The molecule has 126 valence electrons. The topological polar surface area (TPSA) is 41.5 Å². The number of hydrogen-bond donors (Lipinski definition) is 1. The zero-order valence-electron chi connectivity index (χ0n) is 14.2. The number of nitrogens with one attached hydrogen (secondary N) is 1. The summed E-state index contributed by atoms with van der Waals surface area (Å²) in [6.45, 7) is 0. The van der Waals surface area contributed by atoms with Gasteiger partial charge in [0.1, 0.15) is 0 Å². The van der Waals surface area contributed by atoms with Crippen LogP contribution in [0.4, 0.5) is 0 Å². The zero-order chi connectivity index (χ0) is 17.8. The fraction of sp³-hybridized carbons (Fsp3) is 0.0435. The highest BCUT2D eigenvalue weighted by Gasteiger charge is 2.05. The van der Waals surface area contributed by atoms with Crippen LogP contribution in [0, 0.1) is 0 Å². The number of hydrazone groups is 1. The van der Waals surface area contributed by atoms with E-state index in [1.165, 1.54) is 5.39 Å². The Labute approximate surface area is 152 Å². The van der Waals surface area contributed by atoms with E-state index < -0.39 is 0 Å². The molecule has 0 atom stereocenters. The lowest BCUT2D eigenvalue weighted by atomic mass is 10.0. The van der Waals surface area contributed by atoms with Gasteiger partial charge in [0.05, 0.1) is 12.6 Å². The molecule has 0 spiro atoms. The van der Waals surface area contributed by atoms with Gasteiger partial charge in [-0.1, -0.05) is 78.9 Å². The molecule has 3 nitrogen and oxygen atoms in total. The standard InChI is InChI=1S/C23H18N2O/c26-23(15-21-10-5-9-19-7-3-4-11-22(19)21)25-24-16-17-12-13-18-6-1-2-8-20(18)14-17/h1-14,16H,15H2,(H,25,26)/b24-16+. The predicted octanol–water partition coefficient (Wildman–Crippen LogP) is 4.69. The molecule has 0 saturated carbocycles. The largest absolute Gasteiger partial charge is 0.273 e. The number of hydrogen-bond acceptors (Lipinski definition) is 2. The van der Waals surface area contributed by atoms with Gasteiger partial charge in [-0.05, 0) is 38.7 Å². The van der Waals surface area contributed by atoms with Crippen LogP contribution in [-0.4, -0.2) is 12.1 Å². The van der Waals surface area contributed by atoms with Crippen LogP contribution in [0.5, 0.6) is 0 Å². The highest BCUT2D eigenvalue weighted by molar-refractivity contribution is 5.92. The van der Waals surface area contributed by atoms with Crippen molar-refractivity contribution in [2.24, 2.45) is 5.10 Å². The monoisotopic (exact) mass is 338 g/mol. The van der Waals surface area contributed by atoms with Crippen molar-refractivity contribution < 1.29 is 4.79 Å². The van der Waals surface area contributed by atoms with Crippen LogP contribution in [0.2, 0.25) is 0 Å². The van der Waals surface area contributed by atoms with E-state index in [9.17, 15) is 4.79 Å². The number of carbonyl (C=O) groups is 1. The molecule has 0 fully saturated rings. The van der Waals surface area contributed by atoms with Gasteiger partial charge >= 0.3 is 0 Å². The van der Waals surface area contributed by atoms with E-state index in [1.54, 1.807) is 6.21 Å². The minimum Gasteiger partial charge on any atom is -0.273 e. The molecule has 1 N–H and O–H groups in total.